The van der Waals surface area contributed by atoms with Crippen molar-refractivity contribution in [3.8, 4) is 5.75 Å². The summed E-state index contributed by atoms with van der Waals surface area (Å²) >= 11 is 0. The van der Waals surface area contributed by atoms with Gasteiger partial charge in [-0.2, -0.15) is 0 Å². The van der Waals surface area contributed by atoms with Gasteiger partial charge in [0.1, 0.15) is 25.0 Å². The summed E-state index contributed by atoms with van der Waals surface area (Å²) in [7, 11) is 2.53. The van der Waals surface area contributed by atoms with Crippen molar-refractivity contribution in [2.45, 2.75) is 46.6 Å². The van der Waals surface area contributed by atoms with E-state index in [-0.39, 0.29) is 42.7 Å². The van der Waals surface area contributed by atoms with Gasteiger partial charge in [-0.15, -0.1) is 0 Å². The molecule has 14 heteroatoms. The molecule has 2 bridgehead atoms. The lowest BCUT2D eigenvalue weighted by Crippen LogP contribution is -2.51. The molecule has 40 heavy (non-hydrogen) atoms. The highest BCUT2D eigenvalue weighted by Gasteiger charge is 2.35. The predicted octanol–water partition coefficient (Wildman–Crippen LogP) is 4.05. The van der Waals surface area contributed by atoms with Crippen LogP contribution in [-0.2, 0) is 32.7 Å². The zero-order valence-corrected chi connectivity index (χ0v) is 25.6. The molecule has 0 saturated carbocycles. The van der Waals surface area contributed by atoms with Crippen LogP contribution in [0.25, 0.3) is 0 Å². The first-order chi connectivity index (χ1) is 18.7. The number of esters is 2. The fraction of sp³-hybridized carbons (Fsp3) is 0.692. The lowest BCUT2D eigenvalue weighted by Gasteiger charge is -2.43. The average Bonchev–Trinajstić information content (AvgIpc) is 2.85. The standard InChI is InChI=1S/C10H14NO6P.C9H15NO2.C7H16NO2/c1-3-15-18(14,16-4-2)17-10-7-5-9(6-8-10)11(12)13;1-7(11)12-9-6-10-4-2-8(9)3-5-10;1-7(9)10-6-5-8(2,3)4/h5-8H,3-4H2,1-2H3;8-9H,2-6H2,1H3;5-6H2,1-4H3/q;;+1. The number of nitrogens with zero attached hydrogens (tertiary/aromatic N) is 3. The largest absolute Gasteiger partial charge is 0.530 e. The molecule has 3 heterocycles. The minimum Gasteiger partial charge on any atom is -0.461 e. The van der Waals surface area contributed by atoms with Gasteiger partial charge in [-0.25, -0.2) is 4.57 Å². The summed E-state index contributed by atoms with van der Waals surface area (Å²) in [5.41, 5.74) is -0.0787. The molecule has 4 rings (SSSR count). The van der Waals surface area contributed by atoms with Crippen LogP contribution in [0.2, 0.25) is 0 Å². The van der Waals surface area contributed by atoms with E-state index in [1.54, 1.807) is 13.8 Å². The summed E-state index contributed by atoms with van der Waals surface area (Å²) in [6.07, 6.45) is 2.60. The van der Waals surface area contributed by atoms with E-state index < -0.39 is 12.7 Å². The molecule has 3 aliphatic rings. The van der Waals surface area contributed by atoms with E-state index in [9.17, 15) is 24.3 Å². The van der Waals surface area contributed by atoms with Crippen LogP contribution in [0, 0.1) is 16.0 Å². The monoisotopic (exact) mass is 590 g/mol. The fourth-order valence-corrected chi connectivity index (χ4v) is 5.08. The molecule has 1 aromatic rings. The van der Waals surface area contributed by atoms with Crippen LogP contribution in [0.5, 0.6) is 5.75 Å². The summed E-state index contributed by atoms with van der Waals surface area (Å²) in [5, 5.41) is 10.5. The molecule has 0 aliphatic carbocycles. The molecule has 0 spiro atoms. The molecular weight excluding hydrogens is 545 g/mol. The Morgan fingerprint density at radius 2 is 1.57 bits per heavy atom. The zero-order valence-electron chi connectivity index (χ0n) is 24.7. The number of carbonyl (C=O) groups is 2. The smallest absolute Gasteiger partial charge is 0.461 e. The summed E-state index contributed by atoms with van der Waals surface area (Å²) in [6, 6.07) is 5.17. The van der Waals surface area contributed by atoms with Crippen LogP contribution in [0.1, 0.15) is 40.5 Å². The number of piperidine rings is 3. The van der Waals surface area contributed by atoms with Crippen molar-refractivity contribution in [2.75, 3.05) is 67.1 Å². The van der Waals surface area contributed by atoms with E-state index >= 15 is 0 Å². The van der Waals surface area contributed by atoms with Gasteiger partial charge in [0, 0.05) is 32.5 Å². The lowest BCUT2D eigenvalue weighted by atomic mass is 9.86. The normalized spacial score (nSPS) is 19.7. The number of rotatable bonds is 11. The van der Waals surface area contributed by atoms with Crippen LogP contribution >= 0.6 is 7.82 Å². The Bertz CT molecular complexity index is 966. The average molecular weight is 591 g/mol. The number of hydrogen-bond donors (Lipinski definition) is 0. The molecule has 3 aliphatic heterocycles. The Hall–Kier alpha value is -2.57. The van der Waals surface area contributed by atoms with Gasteiger partial charge < -0.3 is 18.5 Å². The maximum atomic E-state index is 12.0. The third kappa shape index (κ3) is 14.7. The minimum atomic E-state index is -3.65. The molecule has 1 atom stereocenters. The number of ether oxygens (including phenoxy) is 2. The molecule has 13 nitrogen and oxygen atoms in total. The molecule has 3 saturated heterocycles. The third-order valence-electron chi connectivity index (χ3n) is 5.82. The molecule has 0 aromatic heterocycles. The van der Waals surface area contributed by atoms with E-state index in [0.29, 0.717) is 12.5 Å². The summed E-state index contributed by atoms with van der Waals surface area (Å²) in [5.74, 6) is 0.493. The molecule has 0 radical (unpaired) electrons. The van der Waals surface area contributed by atoms with Crippen molar-refractivity contribution in [3.63, 3.8) is 0 Å². The van der Waals surface area contributed by atoms with E-state index in [4.69, 9.17) is 23.0 Å². The van der Waals surface area contributed by atoms with Gasteiger partial charge in [-0.1, -0.05) is 0 Å². The highest BCUT2D eigenvalue weighted by atomic mass is 31.2. The van der Waals surface area contributed by atoms with Gasteiger partial charge in [-0.05, 0) is 57.8 Å². The second-order valence-corrected chi connectivity index (χ2v) is 11.9. The van der Waals surface area contributed by atoms with Crippen molar-refractivity contribution in [3.05, 3.63) is 34.4 Å². The lowest BCUT2D eigenvalue weighted by molar-refractivity contribution is -0.870. The number of hydrogen-bond acceptors (Lipinski definition) is 11. The summed E-state index contributed by atoms with van der Waals surface area (Å²) in [4.78, 5) is 33.4. The fourth-order valence-electron chi connectivity index (χ4n) is 3.88. The summed E-state index contributed by atoms with van der Waals surface area (Å²) in [6.45, 7) is 11.3. The number of likely N-dealkylation sites (N-methyl/N-ethyl adjacent to an activating group) is 1. The Kier molecular flexibility index (Phi) is 15.3. The van der Waals surface area contributed by atoms with E-state index in [1.807, 2.05) is 0 Å². The molecule has 3 fully saturated rings. The van der Waals surface area contributed by atoms with E-state index in [0.717, 1.165) is 17.6 Å². The van der Waals surface area contributed by atoms with Crippen LogP contribution in [0.15, 0.2) is 24.3 Å². The first-order valence-corrected chi connectivity index (χ1v) is 14.8. The molecule has 0 N–H and O–H groups in total. The Balaban J connectivity index is 0.000000316. The van der Waals surface area contributed by atoms with Crippen molar-refractivity contribution >= 4 is 25.4 Å². The number of nitro groups is 1. The minimum absolute atomic E-state index is 0.0787. The van der Waals surface area contributed by atoms with E-state index in [1.165, 1.54) is 64.0 Å². The number of non-ortho nitro benzene ring substituents is 1. The van der Waals surface area contributed by atoms with Gasteiger partial charge in [0.25, 0.3) is 5.69 Å². The zero-order chi connectivity index (χ0) is 30.3. The topological polar surface area (TPSA) is 144 Å². The molecule has 0 amide bonds. The Morgan fingerprint density at radius 3 is 1.95 bits per heavy atom. The molecular formula is C26H45N3O10P+. The van der Waals surface area contributed by atoms with Gasteiger partial charge in [0.2, 0.25) is 0 Å². The number of benzene rings is 1. The van der Waals surface area contributed by atoms with Crippen molar-refractivity contribution in [1.29, 1.82) is 0 Å². The van der Waals surface area contributed by atoms with Gasteiger partial charge >= 0.3 is 19.8 Å². The van der Waals surface area contributed by atoms with Crippen molar-refractivity contribution in [1.82, 2.24) is 4.90 Å². The number of nitro benzene ring substituents is 1. The number of quaternary nitrogens is 1. The molecule has 228 valence electrons. The second kappa shape index (κ2) is 17.3. The summed E-state index contributed by atoms with van der Waals surface area (Å²) < 4.78 is 37.8. The maximum absolute atomic E-state index is 12.0. The van der Waals surface area contributed by atoms with E-state index in [2.05, 4.69) is 26.0 Å². The van der Waals surface area contributed by atoms with Crippen LogP contribution < -0.4 is 4.52 Å². The number of phosphoric ester groups is 1. The Labute approximate surface area is 237 Å². The Morgan fingerprint density at radius 1 is 1.02 bits per heavy atom. The SMILES string of the molecule is CC(=O)OC1CN2CCC1CC2.CC(=O)OCC[N+](C)(C)C.CCOP(=O)(OCC)Oc1ccc([N+](=O)[O-])cc1. The quantitative estimate of drug-likeness (QED) is 0.121. The number of fused-ring (bicyclic) bond motifs is 3. The number of phosphoric acid groups is 1. The first-order valence-electron chi connectivity index (χ1n) is 13.3. The van der Waals surface area contributed by atoms with Crippen LogP contribution in [-0.4, -0.2) is 99.5 Å². The predicted molar refractivity (Wildman–Crippen MR) is 149 cm³/mol. The highest BCUT2D eigenvalue weighted by Crippen LogP contribution is 2.49. The van der Waals surface area contributed by atoms with Crippen LogP contribution in [0.3, 0.4) is 0 Å². The number of carbonyl (C=O) groups excluding carboxylic acids is 2. The van der Waals surface area contributed by atoms with Gasteiger partial charge in [0.15, 0.2) is 0 Å². The second-order valence-electron chi connectivity index (χ2n) is 10.3. The van der Waals surface area contributed by atoms with Crippen molar-refractivity contribution < 1.29 is 46.6 Å². The van der Waals surface area contributed by atoms with Crippen molar-refractivity contribution in [2.24, 2.45) is 5.92 Å². The first kappa shape index (κ1) is 35.5. The maximum Gasteiger partial charge on any atom is 0.530 e. The molecule has 1 unspecified atom stereocenters. The highest BCUT2D eigenvalue weighted by molar-refractivity contribution is 7.48. The third-order valence-corrected chi connectivity index (χ3v) is 7.40. The van der Waals surface area contributed by atoms with Gasteiger partial charge in [0.05, 0.1) is 39.3 Å². The molecule has 1 aromatic carbocycles. The van der Waals surface area contributed by atoms with Crippen LogP contribution in [0.4, 0.5) is 5.69 Å². The van der Waals surface area contributed by atoms with Gasteiger partial charge in [-0.3, -0.25) is 33.7 Å².